The molecule has 0 spiro atoms. The van der Waals surface area contributed by atoms with E-state index in [-0.39, 0.29) is 5.91 Å². The van der Waals surface area contributed by atoms with Gasteiger partial charge in [0.1, 0.15) is 0 Å². The van der Waals surface area contributed by atoms with Crippen molar-refractivity contribution < 1.29 is 4.79 Å². The molecule has 1 N–H and O–H groups in total. The van der Waals surface area contributed by atoms with Gasteiger partial charge in [0.25, 0.3) is 0 Å². The van der Waals surface area contributed by atoms with Crippen LogP contribution in [0, 0.1) is 6.92 Å². The van der Waals surface area contributed by atoms with Crippen LogP contribution in [-0.2, 0) is 17.9 Å². The molecule has 0 radical (unpaired) electrons. The van der Waals surface area contributed by atoms with Gasteiger partial charge in [0, 0.05) is 25.4 Å². The van der Waals surface area contributed by atoms with Gasteiger partial charge in [-0.3, -0.25) is 9.69 Å². The molecule has 0 atom stereocenters. The monoisotopic (exact) mass is 289 g/mol. The molecule has 1 heterocycles. The smallest absolute Gasteiger partial charge is 0.223 e. The summed E-state index contributed by atoms with van der Waals surface area (Å²) in [7, 11) is 2.07. The molecule has 4 nitrogen and oxygen atoms in total. The Morgan fingerprint density at radius 3 is 2.65 bits per heavy atom. The topological polar surface area (TPSA) is 45.2 Å². The standard InChI is InChI=1S/C15H19N3OS/c1-11-4-6-13(7-5-11)8-18(3)9-14-10-20-15(17-14)16-12(2)19/h4-7,10H,8-9H2,1-3H3,(H,16,17,19). The first-order valence-corrected chi connectivity index (χ1v) is 7.37. The second kappa shape index (κ2) is 6.63. The number of carbonyl (C=O) groups is 1. The van der Waals surface area contributed by atoms with Crippen LogP contribution < -0.4 is 5.32 Å². The number of anilines is 1. The fourth-order valence-electron chi connectivity index (χ4n) is 1.93. The summed E-state index contributed by atoms with van der Waals surface area (Å²) in [6.07, 6.45) is 0. The minimum atomic E-state index is -0.0843. The molecular formula is C15H19N3OS. The molecule has 1 aromatic heterocycles. The molecule has 2 rings (SSSR count). The van der Waals surface area contributed by atoms with Gasteiger partial charge < -0.3 is 5.32 Å². The van der Waals surface area contributed by atoms with Crippen molar-refractivity contribution in [1.29, 1.82) is 0 Å². The third kappa shape index (κ3) is 4.43. The third-order valence-electron chi connectivity index (χ3n) is 2.84. The van der Waals surface area contributed by atoms with E-state index < -0.39 is 0 Å². The minimum absolute atomic E-state index is 0.0843. The average Bonchev–Trinajstić information content (AvgIpc) is 2.78. The summed E-state index contributed by atoms with van der Waals surface area (Å²) in [5.41, 5.74) is 3.54. The van der Waals surface area contributed by atoms with Crippen LogP contribution in [-0.4, -0.2) is 22.8 Å². The first kappa shape index (κ1) is 14.7. The number of nitrogens with zero attached hydrogens (tertiary/aromatic N) is 2. The molecular weight excluding hydrogens is 270 g/mol. The van der Waals surface area contributed by atoms with E-state index in [0.717, 1.165) is 18.8 Å². The number of aryl methyl sites for hydroxylation is 1. The number of thiazole rings is 1. The quantitative estimate of drug-likeness (QED) is 0.920. The predicted molar refractivity (Wildman–Crippen MR) is 82.8 cm³/mol. The lowest BCUT2D eigenvalue weighted by Gasteiger charge is -2.15. The van der Waals surface area contributed by atoms with Crippen LogP contribution in [0.2, 0.25) is 0 Å². The van der Waals surface area contributed by atoms with E-state index in [1.807, 2.05) is 5.38 Å². The molecule has 1 aromatic carbocycles. The molecule has 106 valence electrons. The average molecular weight is 289 g/mol. The molecule has 2 aromatic rings. The molecule has 0 unspecified atom stereocenters. The van der Waals surface area contributed by atoms with E-state index in [4.69, 9.17) is 0 Å². The molecule has 0 fully saturated rings. The van der Waals surface area contributed by atoms with Gasteiger partial charge >= 0.3 is 0 Å². The Balaban J connectivity index is 1.90. The predicted octanol–water partition coefficient (Wildman–Crippen LogP) is 3.04. The Kier molecular flexibility index (Phi) is 4.87. The second-order valence-corrected chi connectivity index (χ2v) is 5.84. The van der Waals surface area contributed by atoms with Crippen LogP contribution in [0.4, 0.5) is 5.13 Å². The molecule has 1 amide bonds. The molecule has 0 aliphatic carbocycles. The molecule has 0 saturated carbocycles. The van der Waals surface area contributed by atoms with Crippen molar-refractivity contribution in [2.45, 2.75) is 26.9 Å². The van der Waals surface area contributed by atoms with Crippen LogP contribution in [0.1, 0.15) is 23.7 Å². The maximum Gasteiger partial charge on any atom is 0.223 e. The maximum absolute atomic E-state index is 11.0. The highest BCUT2D eigenvalue weighted by Gasteiger charge is 2.07. The normalized spacial score (nSPS) is 10.8. The molecule has 5 heteroatoms. The van der Waals surface area contributed by atoms with Gasteiger partial charge in [-0.05, 0) is 19.5 Å². The van der Waals surface area contributed by atoms with Crippen LogP contribution in [0.25, 0.3) is 0 Å². The van der Waals surface area contributed by atoms with E-state index in [0.29, 0.717) is 5.13 Å². The lowest BCUT2D eigenvalue weighted by Crippen LogP contribution is -2.17. The van der Waals surface area contributed by atoms with Gasteiger partial charge in [-0.25, -0.2) is 4.98 Å². The lowest BCUT2D eigenvalue weighted by molar-refractivity contribution is -0.114. The van der Waals surface area contributed by atoms with Crippen molar-refractivity contribution in [3.05, 3.63) is 46.5 Å². The highest BCUT2D eigenvalue weighted by Crippen LogP contribution is 2.17. The maximum atomic E-state index is 11.0. The first-order chi connectivity index (χ1) is 9.52. The molecule has 20 heavy (non-hydrogen) atoms. The highest BCUT2D eigenvalue weighted by molar-refractivity contribution is 7.13. The Morgan fingerprint density at radius 2 is 2.00 bits per heavy atom. The fraction of sp³-hybridized carbons (Fsp3) is 0.333. The van der Waals surface area contributed by atoms with E-state index >= 15 is 0 Å². The van der Waals surface area contributed by atoms with Crippen molar-refractivity contribution >= 4 is 22.4 Å². The van der Waals surface area contributed by atoms with Crippen LogP contribution in [0.15, 0.2) is 29.6 Å². The number of nitrogens with one attached hydrogen (secondary N) is 1. The number of benzene rings is 1. The lowest BCUT2D eigenvalue weighted by atomic mass is 10.1. The highest BCUT2D eigenvalue weighted by atomic mass is 32.1. The fourth-order valence-corrected chi connectivity index (χ4v) is 2.67. The number of rotatable bonds is 5. The number of amides is 1. The van der Waals surface area contributed by atoms with Gasteiger partial charge in [0.2, 0.25) is 5.91 Å². The van der Waals surface area contributed by atoms with Crippen molar-refractivity contribution in [3.63, 3.8) is 0 Å². The summed E-state index contributed by atoms with van der Waals surface area (Å²) in [5.74, 6) is -0.0843. The van der Waals surface area contributed by atoms with E-state index in [1.54, 1.807) is 0 Å². The molecule has 0 aliphatic rings. The Labute approximate surface area is 123 Å². The van der Waals surface area contributed by atoms with Gasteiger partial charge in [-0.15, -0.1) is 11.3 Å². The number of aromatic nitrogens is 1. The Hall–Kier alpha value is -1.72. The summed E-state index contributed by atoms with van der Waals surface area (Å²) in [6, 6.07) is 8.55. The first-order valence-electron chi connectivity index (χ1n) is 6.49. The zero-order valence-electron chi connectivity index (χ0n) is 12.0. The van der Waals surface area contributed by atoms with Crippen LogP contribution >= 0.6 is 11.3 Å². The number of hydrogen-bond acceptors (Lipinski definition) is 4. The zero-order chi connectivity index (χ0) is 14.5. The number of hydrogen-bond donors (Lipinski definition) is 1. The summed E-state index contributed by atoms with van der Waals surface area (Å²) in [4.78, 5) is 17.6. The Bertz CT molecular complexity index is 577. The SMILES string of the molecule is CC(=O)Nc1nc(CN(C)Cc2ccc(C)cc2)cs1. The summed E-state index contributed by atoms with van der Waals surface area (Å²) >= 11 is 1.46. The summed E-state index contributed by atoms with van der Waals surface area (Å²) in [6.45, 7) is 5.23. The summed E-state index contributed by atoms with van der Waals surface area (Å²) < 4.78 is 0. The van der Waals surface area contributed by atoms with Crippen LogP contribution in [0.3, 0.4) is 0 Å². The number of carbonyl (C=O) groups excluding carboxylic acids is 1. The van der Waals surface area contributed by atoms with E-state index in [1.165, 1.54) is 29.4 Å². The van der Waals surface area contributed by atoms with Gasteiger partial charge in [-0.2, -0.15) is 0 Å². The largest absolute Gasteiger partial charge is 0.302 e. The van der Waals surface area contributed by atoms with Gasteiger partial charge in [-0.1, -0.05) is 29.8 Å². The minimum Gasteiger partial charge on any atom is -0.302 e. The van der Waals surface area contributed by atoms with Crippen molar-refractivity contribution in [3.8, 4) is 0 Å². The van der Waals surface area contributed by atoms with Crippen molar-refractivity contribution in [2.24, 2.45) is 0 Å². The zero-order valence-corrected chi connectivity index (χ0v) is 12.8. The second-order valence-electron chi connectivity index (χ2n) is 4.98. The van der Waals surface area contributed by atoms with E-state index in [2.05, 4.69) is 53.4 Å². The van der Waals surface area contributed by atoms with Crippen LogP contribution in [0.5, 0.6) is 0 Å². The van der Waals surface area contributed by atoms with Crippen molar-refractivity contribution in [2.75, 3.05) is 12.4 Å². The van der Waals surface area contributed by atoms with E-state index in [9.17, 15) is 4.79 Å². The van der Waals surface area contributed by atoms with Gasteiger partial charge in [0.15, 0.2) is 5.13 Å². The molecule has 0 saturated heterocycles. The Morgan fingerprint density at radius 1 is 1.30 bits per heavy atom. The van der Waals surface area contributed by atoms with Crippen molar-refractivity contribution in [1.82, 2.24) is 9.88 Å². The molecule has 0 aliphatic heterocycles. The van der Waals surface area contributed by atoms with Gasteiger partial charge in [0.05, 0.1) is 5.69 Å². The molecule has 0 bridgehead atoms. The summed E-state index contributed by atoms with van der Waals surface area (Å²) in [5, 5.41) is 5.35. The third-order valence-corrected chi connectivity index (χ3v) is 3.65.